The number of hydrogen-bond donors (Lipinski definition) is 1. The van der Waals surface area contributed by atoms with Crippen LogP contribution in [0.5, 0.6) is 0 Å². The number of nitrogens with zero attached hydrogens (tertiary/aromatic N) is 2. The van der Waals surface area contributed by atoms with Crippen LogP contribution in [0.25, 0.3) is 0 Å². The highest BCUT2D eigenvalue weighted by molar-refractivity contribution is 6.32. The lowest BCUT2D eigenvalue weighted by Gasteiger charge is -2.09. The quantitative estimate of drug-likeness (QED) is 0.937. The summed E-state index contributed by atoms with van der Waals surface area (Å²) in [6, 6.07) is 6.41. The average molecular weight is 282 g/mol. The Hall–Kier alpha value is -1.88. The van der Waals surface area contributed by atoms with Crippen LogP contribution in [0.1, 0.15) is 12.5 Å². The van der Waals surface area contributed by atoms with Crippen molar-refractivity contribution in [3.05, 3.63) is 57.2 Å². The molecule has 1 N–H and O–H groups in total. The Morgan fingerprint density at radius 3 is 2.84 bits per heavy atom. The number of rotatable bonds is 4. The predicted molar refractivity (Wildman–Crippen MR) is 72.9 cm³/mol. The first-order valence-electron chi connectivity index (χ1n) is 5.86. The van der Waals surface area contributed by atoms with Crippen LogP contribution in [0.15, 0.2) is 35.3 Å². The van der Waals surface area contributed by atoms with Crippen molar-refractivity contribution in [2.24, 2.45) is 0 Å². The zero-order chi connectivity index (χ0) is 13.8. The second kappa shape index (κ2) is 5.84. The molecule has 0 aliphatic carbocycles. The van der Waals surface area contributed by atoms with E-state index in [2.05, 4.69) is 10.4 Å². The number of halogens is 2. The maximum absolute atomic E-state index is 13.4. The van der Waals surface area contributed by atoms with Gasteiger partial charge >= 0.3 is 0 Å². The molecular weight excluding hydrogens is 269 g/mol. The molecule has 1 aromatic carbocycles. The fourth-order valence-electron chi connectivity index (χ4n) is 1.65. The van der Waals surface area contributed by atoms with E-state index in [-0.39, 0.29) is 22.9 Å². The summed E-state index contributed by atoms with van der Waals surface area (Å²) in [7, 11) is 0. The van der Waals surface area contributed by atoms with E-state index >= 15 is 0 Å². The molecule has 0 saturated carbocycles. The summed E-state index contributed by atoms with van der Waals surface area (Å²) >= 11 is 5.95. The van der Waals surface area contributed by atoms with Crippen LogP contribution in [-0.2, 0) is 13.1 Å². The molecule has 0 saturated heterocycles. The lowest BCUT2D eigenvalue weighted by molar-refractivity contribution is 0.611. The lowest BCUT2D eigenvalue weighted by atomic mass is 10.2. The Kier molecular flexibility index (Phi) is 4.16. The van der Waals surface area contributed by atoms with E-state index in [1.807, 2.05) is 0 Å². The lowest BCUT2D eigenvalue weighted by Crippen LogP contribution is -2.23. The molecule has 0 bridgehead atoms. The zero-order valence-electron chi connectivity index (χ0n) is 10.4. The molecule has 2 aromatic rings. The third-order valence-corrected chi connectivity index (χ3v) is 3.08. The molecule has 0 amide bonds. The molecule has 1 aromatic heterocycles. The molecule has 19 heavy (non-hydrogen) atoms. The van der Waals surface area contributed by atoms with Crippen molar-refractivity contribution in [1.82, 2.24) is 9.78 Å². The van der Waals surface area contributed by atoms with Gasteiger partial charge in [0.05, 0.1) is 11.9 Å². The number of benzene rings is 1. The smallest absolute Gasteiger partial charge is 0.287 e. The largest absolute Gasteiger partial charge is 0.378 e. The highest BCUT2D eigenvalue weighted by Crippen LogP contribution is 2.17. The predicted octanol–water partition coefficient (Wildman–Crippen LogP) is 2.67. The number of nitrogens with one attached hydrogen (secondary N) is 1. The van der Waals surface area contributed by atoms with Crippen LogP contribution >= 0.6 is 11.6 Å². The maximum atomic E-state index is 13.4. The Balaban J connectivity index is 2.19. The molecule has 0 atom stereocenters. The highest BCUT2D eigenvalue weighted by Gasteiger charge is 2.08. The molecule has 100 valence electrons. The third kappa shape index (κ3) is 2.93. The highest BCUT2D eigenvalue weighted by atomic mass is 35.5. The molecule has 0 aliphatic heterocycles. The summed E-state index contributed by atoms with van der Waals surface area (Å²) in [5.74, 6) is -0.305. The van der Waals surface area contributed by atoms with Gasteiger partial charge in [-0.05, 0) is 13.0 Å². The molecule has 0 unspecified atom stereocenters. The molecule has 6 heteroatoms. The standard InChI is InChI=1S/C13H13ClFN3O/c1-2-18-13(19)12(14)11(8-17-18)16-7-9-5-3-4-6-10(9)15/h3-6,8,16H,2,7H2,1H3. The topological polar surface area (TPSA) is 46.9 Å². The van der Waals surface area contributed by atoms with Gasteiger partial charge < -0.3 is 5.32 Å². The molecule has 0 aliphatic rings. The Morgan fingerprint density at radius 2 is 2.16 bits per heavy atom. The molecular formula is C13H13ClFN3O. The molecule has 0 spiro atoms. The molecule has 4 nitrogen and oxygen atoms in total. The number of aryl methyl sites for hydroxylation is 1. The third-order valence-electron chi connectivity index (χ3n) is 2.71. The summed E-state index contributed by atoms with van der Waals surface area (Å²) in [5.41, 5.74) is 0.542. The summed E-state index contributed by atoms with van der Waals surface area (Å²) < 4.78 is 14.7. The fraction of sp³-hybridized carbons (Fsp3) is 0.231. The first kappa shape index (κ1) is 13.5. The van der Waals surface area contributed by atoms with Gasteiger partial charge in [0.2, 0.25) is 0 Å². The summed E-state index contributed by atoms with van der Waals surface area (Å²) in [6.45, 7) is 2.49. The van der Waals surface area contributed by atoms with Crippen molar-refractivity contribution in [1.29, 1.82) is 0 Å². The summed E-state index contributed by atoms with van der Waals surface area (Å²) in [6.07, 6.45) is 1.47. The average Bonchev–Trinajstić information content (AvgIpc) is 2.42. The van der Waals surface area contributed by atoms with Crippen LogP contribution in [0.4, 0.5) is 10.1 Å². The van der Waals surface area contributed by atoms with Gasteiger partial charge in [0.15, 0.2) is 0 Å². The molecule has 0 radical (unpaired) electrons. The van der Waals surface area contributed by atoms with Crippen LogP contribution in [0, 0.1) is 5.82 Å². The van der Waals surface area contributed by atoms with Crippen molar-refractivity contribution in [2.45, 2.75) is 20.0 Å². The van der Waals surface area contributed by atoms with Crippen molar-refractivity contribution in [3.63, 3.8) is 0 Å². The van der Waals surface area contributed by atoms with E-state index in [1.165, 1.54) is 16.9 Å². The van der Waals surface area contributed by atoms with Gasteiger partial charge in [0, 0.05) is 18.7 Å². The minimum absolute atomic E-state index is 0.0631. The number of aromatic nitrogens is 2. The Labute approximate surface area is 114 Å². The summed E-state index contributed by atoms with van der Waals surface area (Å²) in [4.78, 5) is 11.8. The van der Waals surface area contributed by atoms with Gasteiger partial charge in [-0.3, -0.25) is 4.79 Å². The number of anilines is 1. The Bertz CT molecular complexity index is 642. The van der Waals surface area contributed by atoms with Crippen molar-refractivity contribution in [3.8, 4) is 0 Å². The first-order valence-corrected chi connectivity index (χ1v) is 6.24. The SMILES string of the molecule is CCn1ncc(NCc2ccccc2F)c(Cl)c1=O. The van der Waals surface area contributed by atoms with E-state index in [4.69, 9.17) is 11.6 Å². The second-order valence-electron chi connectivity index (χ2n) is 3.94. The van der Waals surface area contributed by atoms with Gasteiger partial charge in [-0.2, -0.15) is 5.10 Å². The van der Waals surface area contributed by atoms with Gasteiger partial charge in [-0.15, -0.1) is 0 Å². The maximum Gasteiger partial charge on any atom is 0.287 e. The van der Waals surface area contributed by atoms with E-state index in [0.717, 1.165) is 0 Å². The van der Waals surface area contributed by atoms with Crippen LogP contribution in [0.2, 0.25) is 5.02 Å². The minimum atomic E-state index is -0.359. The van der Waals surface area contributed by atoms with Crippen molar-refractivity contribution in [2.75, 3.05) is 5.32 Å². The second-order valence-corrected chi connectivity index (χ2v) is 4.32. The van der Waals surface area contributed by atoms with Crippen molar-refractivity contribution >= 4 is 17.3 Å². The number of hydrogen-bond acceptors (Lipinski definition) is 3. The van der Waals surface area contributed by atoms with E-state index in [1.54, 1.807) is 25.1 Å². The van der Waals surface area contributed by atoms with E-state index in [9.17, 15) is 9.18 Å². The van der Waals surface area contributed by atoms with Gasteiger partial charge in [0.25, 0.3) is 5.56 Å². The molecule has 0 fully saturated rings. The van der Waals surface area contributed by atoms with Gasteiger partial charge in [0.1, 0.15) is 10.8 Å². The summed E-state index contributed by atoms with van der Waals surface area (Å²) in [5, 5.41) is 6.93. The fourth-order valence-corrected chi connectivity index (χ4v) is 1.86. The van der Waals surface area contributed by atoms with Crippen LogP contribution in [-0.4, -0.2) is 9.78 Å². The monoisotopic (exact) mass is 281 g/mol. The minimum Gasteiger partial charge on any atom is -0.378 e. The van der Waals surface area contributed by atoms with Crippen molar-refractivity contribution < 1.29 is 4.39 Å². The van der Waals surface area contributed by atoms with E-state index in [0.29, 0.717) is 17.8 Å². The molecule has 1 heterocycles. The molecule has 2 rings (SSSR count). The van der Waals surface area contributed by atoms with E-state index < -0.39 is 0 Å². The zero-order valence-corrected chi connectivity index (χ0v) is 11.1. The van der Waals surface area contributed by atoms with Crippen LogP contribution < -0.4 is 10.9 Å². The van der Waals surface area contributed by atoms with Crippen LogP contribution in [0.3, 0.4) is 0 Å². The first-order chi connectivity index (χ1) is 9.13. The Morgan fingerprint density at radius 1 is 1.42 bits per heavy atom. The normalized spacial score (nSPS) is 10.5. The van der Waals surface area contributed by atoms with Gasteiger partial charge in [-0.25, -0.2) is 9.07 Å². The van der Waals surface area contributed by atoms with Gasteiger partial charge in [-0.1, -0.05) is 29.8 Å².